The Morgan fingerprint density at radius 2 is 2.36 bits per heavy atom. The Balaban J connectivity index is 2.38. The minimum atomic E-state index is -3.22. The van der Waals surface area contributed by atoms with Crippen LogP contribution in [0.2, 0.25) is 0 Å². The predicted octanol–water partition coefficient (Wildman–Crippen LogP) is 0.0835. The highest BCUT2D eigenvalue weighted by molar-refractivity contribution is 7.94. The molecule has 76 valence electrons. The molecule has 1 aliphatic heterocycles. The molecule has 0 aliphatic carbocycles. The summed E-state index contributed by atoms with van der Waals surface area (Å²) in [5, 5.41) is 1.01. The summed E-state index contributed by atoms with van der Waals surface area (Å²) in [5.41, 5.74) is 0. The van der Waals surface area contributed by atoms with Crippen molar-refractivity contribution in [1.29, 1.82) is 0 Å². The maximum absolute atomic E-state index is 10.9. The minimum absolute atomic E-state index is 0.192. The summed E-state index contributed by atoms with van der Waals surface area (Å²) in [6, 6.07) is 0. The molecule has 5 nitrogen and oxygen atoms in total. The largest absolute Gasteiger partial charge is 0.509 e. The third kappa shape index (κ3) is 3.11. The average Bonchev–Trinajstić information content (AvgIpc) is 2.42. The second-order valence-electron chi connectivity index (χ2n) is 2.56. The first kappa shape index (κ1) is 10.6. The van der Waals surface area contributed by atoms with Crippen molar-refractivity contribution in [3.8, 4) is 12.3 Å². The van der Waals surface area contributed by atoms with E-state index in [9.17, 15) is 13.2 Å². The van der Waals surface area contributed by atoms with Crippen LogP contribution in [0.3, 0.4) is 0 Å². The molecule has 6 heteroatoms. The van der Waals surface area contributed by atoms with E-state index < -0.39 is 22.1 Å². The predicted molar refractivity (Wildman–Crippen MR) is 48.0 cm³/mol. The van der Waals surface area contributed by atoms with Crippen LogP contribution < -0.4 is 0 Å². The first-order valence-electron chi connectivity index (χ1n) is 3.71. The molecule has 1 unspecified atom stereocenters. The fraction of sp³-hybridized carbons (Fsp3) is 0.375. The Labute approximate surface area is 81.6 Å². The number of carbonyl (C=O) groups excluding carboxylic acids is 1. The van der Waals surface area contributed by atoms with Gasteiger partial charge in [0.1, 0.15) is 6.10 Å². The van der Waals surface area contributed by atoms with Gasteiger partial charge in [0.05, 0.1) is 5.75 Å². The van der Waals surface area contributed by atoms with Crippen LogP contribution in [0.5, 0.6) is 0 Å². The van der Waals surface area contributed by atoms with Gasteiger partial charge in [0.25, 0.3) is 0 Å². The lowest BCUT2D eigenvalue weighted by atomic mass is 10.4. The first-order chi connectivity index (χ1) is 6.53. The summed E-state index contributed by atoms with van der Waals surface area (Å²) in [4.78, 5) is 10.8. The lowest BCUT2D eigenvalue weighted by molar-refractivity contribution is 0.0518. The number of rotatable bonds is 2. The molecular formula is C8H8O5S. The van der Waals surface area contributed by atoms with Gasteiger partial charge < -0.3 is 9.47 Å². The SMILES string of the molecule is C#CCOC(=O)OC1C=CS(=O)(=O)C1. The molecule has 1 aliphatic rings. The highest BCUT2D eigenvalue weighted by Gasteiger charge is 2.25. The smallest absolute Gasteiger partial charge is 0.426 e. The van der Waals surface area contributed by atoms with E-state index in [1.807, 2.05) is 0 Å². The van der Waals surface area contributed by atoms with Gasteiger partial charge >= 0.3 is 6.16 Å². The van der Waals surface area contributed by atoms with Crippen molar-refractivity contribution >= 4 is 16.0 Å². The highest BCUT2D eigenvalue weighted by Crippen LogP contribution is 2.11. The first-order valence-corrected chi connectivity index (χ1v) is 5.43. The van der Waals surface area contributed by atoms with Gasteiger partial charge in [0.15, 0.2) is 16.4 Å². The highest BCUT2D eigenvalue weighted by atomic mass is 32.2. The molecule has 0 aromatic rings. The van der Waals surface area contributed by atoms with Gasteiger partial charge in [-0.3, -0.25) is 0 Å². The number of hydrogen-bond donors (Lipinski definition) is 0. The summed E-state index contributed by atoms with van der Waals surface area (Å²) >= 11 is 0. The van der Waals surface area contributed by atoms with E-state index in [-0.39, 0.29) is 12.4 Å². The van der Waals surface area contributed by atoms with Gasteiger partial charge in [-0.2, -0.15) is 0 Å². The molecule has 0 aromatic carbocycles. The zero-order valence-electron chi connectivity index (χ0n) is 7.17. The maximum Gasteiger partial charge on any atom is 0.509 e. The Morgan fingerprint density at radius 3 is 2.86 bits per heavy atom. The molecule has 0 bridgehead atoms. The summed E-state index contributed by atoms with van der Waals surface area (Å²) < 4.78 is 30.8. The summed E-state index contributed by atoms with van der Waals surface area (Å²) in [6.07, 6.45) is 4.38. The van der Waals surface area contributed by atoms with Crippen LogP contribution in [0, 0.1) is 12.3 Å². The van der Waals surface area contributed by atoms with Crippen LogP contribution in [0.1, 0.15) is 0 Å². The lowest BCUT2D eigenvalue weighted by Gasteiger charge is -2.07. The van der Waals surface area contributed by atoms with E-state index in [1.54, 1.807) is 0 Å². The minimum Gasteiger partial charge on any atom is -0.426 e. The Kier molecular flexibility index (Phi) is 3.14. The molecule has 1 atom stereocenters. The van der Waals surface area contributed by atoms with Crippen molar-refractivity contribution in [1.82, 2.24) is 0 Å². The number of carbonyl (C=O) groups is 1. The number of ether oxygens (including phenoxy) is 2. The van der Waals surface area contributed by atoms with Crippen molar-refractivity contribution in [3.63, 3.8) is 0 Å². The van der Waals surface area contributed by atoms with Crippen molar-refractivity contribution < 1.29 is 22.7 Å². The summed E-state index contributed by atoms with van der Waals surface area (Å²) in [7, 11) is -3.22. The van der Waals surface area contributed by atoms with Crippen LogP contribution >= 0.6 is 0 Å². The van der Waals surface area contributed by atoms with Gasteiger partial charge in [0.2, 0.25) is 0 Å². The van der Waals surface area contributed by atoms with Crippen LogP contribution in [-0.4, -0.2) is 33.0 Å². The Hall–Kier alpha value is -1.48. The van der Waals surface area contributed by atoms with Crippen LogP contribution in [0.4, 0.5) is 4.79 Å². The quantitative estimate of drug-likeness (QED) is 0.483. The van der Waals surface area contributed by atoms with E-state index in [0.717, 1.165) is 5.41 Å². The van der Waals surface area contributed by atoms with Gasteiger partial charge in [0, 0.05) is 5.41 Å². The second kappa shape index (κ2) is 4.15. The third-order valence-electron chi connectivity index (χ3n) is 1.42. The number of hydrogen-bond acceptors (Lipinski definition) is 5. The number of terminal acetylenes is 1. The molecule has 0 saturated carbocycles. The molecule has 0 fully saturated rings. The Bertz CT molecular complexity index is 386. The van der Waals surface area contributed by atoms with Gasteiger partial charge in [-0.05, 0) is 6.08 Å². The number of sulfone groups is 1. The van der Waals surface area contributed by atoms with Crippen LogP contribution in [0.25, 0.3) is 0 Å². The molecular weight excluding hydrogens is 208 g/mol. The Morgan fingerprint density at radius 1 is 1.64 bits per heavy atom. The molecule has 1 rings (SSSR count). The topological polar surface area (TPSA) is 69.7 Å². The van der Waals surface area contributed by atoms with E-state index in [4.69, 9.17) is 6.42 Å². The van der Waals surface area contributed by atoms with Crippen molar-refractivity contribution in [2.75, 3.05) is 12.4 Å². The van der Waals surface area contributed by atoms with E-state index >= 15 is 0 Å². The van der Waals surface area contributed by atoms with Crippen LogP contribution in [-0.2, 0) is 19.3 Å². The van der Waals surface area contributed by atoms with Crippen molar-refractivity contribution in [2.24, 2.45) is 0 Å². The van der Waals surface area contributed by atoms with E-state index in [1.165, 1.54) is 6.08 Å². The van der Waals surface area contributed by atoms with E-state index in [2.05, 4.69) is 15.4 Å². The monoisotopic (exact) mass is 216 g/mol. The normalized spacial score (nSPS) is 22.6. The van der Waals surface area contributed by atoms with Gasteiger partial charge in [-0.1, -0.05) is 5.92 Å². The van der Waals surface area contributed by atoms with Gasteiger partial charge in [-0.15, -0.1) is 6.42 Å². The van der Waals surface area contributed by atoms with Crippen molar-refractivity contribution in [3.05, 3.63) is 11.5 Å². The third-order valence-corrected chi connectivity index (χ3v) is 2.78. The zero-order chi connectivity index (χ0) is 10.6. The van der Waals surface area contributed by atoms with Gasteiger partial charge in [-0.25, -0.2) is 13.2 Å². The molecule has 0 N–H and O–H groups in total. The van der Waals surface area contributed by atoms with Crippen molar-refractivity contribution in [2.45, 2.75) is 6.10 Å². The fourth-order valence-corrected chi connectivity index (χ4v) is 2.04. The lowest BCUT2D eigenvalue weighted by Crippen LogP contribution is -2.20. The molecule has 0 aromatic heterocycles. The summed E-state index contributed by atoms with van der Waals surface area (Å²) in [6.45, 7) is -0.192. The fourth-order valence-electron chi connectivity index (χ4n) is 0.879. The second-order valence-corrected chi connectivity index (χ2v) is 4.49. The van der Waals surface area contributed by atoms with Crippen LogP contribution in [0.15, 0.2) is 11.5 Å². The molecule has 0 saturated heterocycles. The zero-order valence-corrected chi connectivity index (χ0v) is 7.99. The molecule has 0 amide bonds. The molecule has 1 heterocycles. The molecule has 14 heavy (non-hydrogen) atoms. The molecule has 0 radical (unpaired) electrons. The molecule has 0 spiro atoms. The summed E-state index contributed by atoms with van der Waals surface area (Å²) in [5.74, 6) is 1.84. The standard InChI is InChI=1S/C8H8O5S/c1-2-4-12-8(9)13-7-3-5-14(10,11)6-7/h1,3,5,7H,4,6H2. The van der Waals surface area contributed by atoms with E-state index in [0.29, 0.717) is 0 Å². The average molecular weight is 216 g/mol. The maximum atomic E-state index is 10.9.